The summed E-state index contributed by atoms with van der Waals surface area (Å²) in [7, 11) is 0. The Hall–Kier alpha value is -1.13. The van der Waals surface area contributed by atoms with E-state index in [2.05, 4.69) is 24.1 Å². The lowest BCUT2D eigenvalue weighted by Gasteiger charge is -2.35. The first-order valence-electron chi connectivity index (χ1n) is 6.51. The maximum absolute atomic E-state index is 13.4. The highest BCUT2D eigenvalue weighted by Gasteiger charge is 2.22. The SMILES string of the molecule is CC(C)N1CCOC(CNc2ccccc2F)C1. The van der Waals surface area contributed by atoms with Crippen molar-refractivity contribution in [3.8, 4) is 0 Å². The van der Waals surface area contributed by atoms with Crippen LogP contribution in [0.1, 0.15) is 13.8 Å². The Balaban J connectivity index is 1.85. The Labute approximate surface area is 108 Å². The van der Waals surface area contributed by atoms with Gasteiger partial charge in [-0.1, -0.05) is 12.1 Å². The molecular weight excluding hydrogens is 231 g/mol. The smallest absolute Gasteiger partial charge is 0.146 e. The van der Waals surface area contributed by atoms with E-state index in [1.165, 1.54) is 6.07 Å². The van der Waals surface area contributed by atoms with Crippen LogP contribution in [-0.2, 0) is 4.74 Å². The van der Waals surface area contributed by atoms with Crippen LogP contribution in [0.3, 0.4) is 0 Å². The van der Waals surface area contributed by atoms with Crippen molar-refractivity contribution in [1.82, 2.24) is 4.90 Å². The second kappa shape index (κ2) is 6.16. The van der Waals surface area contributed by atoms with Crippen LogP contribution in [0.25, 0.3) is 0 Å². The van der Waals surface area contributed by atoms with Gasteiger partial charge < -0.3 is 10.1 Å². The molecule has 1 aliphatic rings. The van der Waals surface area contributed by atoms with Gasteiger partial charge in [-0.2, -0.15) is 0 Å². The van der Waals surface area contributed by atoms with Crippen LogP contribution in [0.4, 0.5) is 10.1 Å². The molecule has 2 rings (SSSR count). The first-order valence-corrected chi connectivity index (χ1v) is 6.51. The summed E-state index contributed by atoms with van der Waals surface area (Å²) in [6, 6.07) is 7.26. The normalized spacial score (nSPS) is 21.2. The quantitative estimate of drug-likeness (QED) is 0.890. The zero-order valence-electron chi connectivity index (χ0n) is 11.0. The molecular formula is C14H21FN2O. The highest BCUT2D eigenvalue weighted by molar-refractivity contribution is 5.44. The molecule has 1 unspecified atom stereocenters. The lowest BCUT2D eigenvalue weighted by atomic mass is 10.2. The molecule has 4 heteroatoms. The van der Waals surface area contributed by atoms with E-state index in [0.717, 1.165) is 19.7 Å². The van der Waals surface area contributed by atoms with Gasteiger partial charge in [0.25, 0.3) is 0 Å². The third-order valence-corrected chi connectivity index (χ3v) is 3.29. The van der Waals surface area contributed by atoms with Crippen molar-refractivity contribution >= 4 is 5.69 Å². The van der Waals surface area contributed by atoms with Gasteiger partial charge >= 0.3 is 0 Å². The summed E-state index contributed by atoms with van der Waals surface area (Å²) in [6.07, 6.45) is 0.126. The predicted molar refractivity (Wildman–Crippen MR) is 71.3 cm³/mol. The van der Waals surface area contributed by atoms with Gasteiger partial charge in [-0.05, 0) is 26.0 Å². The molecule has 0 aromatic heterocycles. The molecule has 1 N–H and O–H groups in total. The zero-order valence-corrected chi connectivity index (χ0v) is 11.0. The number of nitrogens with one attached hydrogen (secondary N) is 1. The molecule has 0 spiro atoms. The average molecular weight is 252 g/mol. The predicted octanol–water partition coefficient (Wildman–Crippen LogP) is 2.35. The number of para-hydroxylation sites is 1. The Bertz CT molecular complexity index is 384. The molecule has 1 aliphatic heterocycles. The van der Waals surface area contributed by atoms with Gasteiger partial charge in [-0.25, -0.2) is 4.39 Å². The number of hydrogen-bond acceptors (Lipinski definition) is 3. The Kier molecular flexibility index (Phi) is 4.55. The van der Waals surface area contributed by atoms with Gasteiger partial charge in [0.2, 0.25) is 0 Å². The second-order valence-electron chi connectivity index (χ2n) is 4.94. The van der Waals surface area contributed by atoms with Crippen LogP contribution in [-0.4, -0.2) is 43.3 Å². The number of morpholine rings is 1. The standard InChI is InChI=1S/C14H21FN2O/c1-11(2)17-7-8-18-12(10-17)9-16-14-6-4-3-5-13(14)15/h3-6,11-12,16H,7-10H2,1-2H3. The maximum Gasteiger partial charge on any atom is 0.146 e. The average Bonchev–Trinajstić information content (AvgIpc) is 2.38. The van der Waals surface area contributed by atoms with Crippen molar-refractivity contribution in [3.63, 3.8) is 0 Å². The second-order valence-corrected chi connectivity index (χ2v) is 4.94. The molecule has 0 saturated carbocycles. The van der Waals surface area contributed by atoms with Crippen molar-refractivity contribution in [3.05, 3.63) is 30.1 Å². The molecule has 1 heterocycles. The van der Waals surface area contributed by atoms with Crippen molar-refractivity contribution in [2.24, 2.45) is 0 Å². The van der Waals surface area contributed by atoms with Crippen LogP contribution in [0, 0.1) is 5.82 Å². The first kappa shape index (κ1) is 13.3. The van der Waals surface area contributed by atoms with Crippen molar-refractivity contribution < 1.29 is 9.13 Å². The van der Waals surface area contributed by atoms with E-state index in [1.54, 1.807) is 12.1 Å². The van der Waals surface area contributed by atoms with Crippen molar-refractivity contribution in [2.45, 2.75) is 26.0 Å². The third kappa shape index (κ3) is 3.43. The van der Waals surface area contributed by atoms with Gasteiger partial charge in [0.15, 0.2) is 0 Å². The first-order chi connectivity index (χ1) is 8.66. The number of nitrogens with zero attached hydrogens (tertiary/aromatic N) is 1. The maximum atomic E-state index is 13.4. The number of benzene rings is 1. The summed E-state index contributed by atoms with van der Waals surface area (Å²) in [4.78, 5) is 2.39. The summed E-state index contributed by atoms with van der Waals surface area (Å²) in [5.41, 5.74) is 0.544. The van der Waals surface area contributed by atoms with E-state index in [0.29, 0.717) is 18.3 Å². The minimum atomic E-state index is -0.214. The van der Waals surface area contributed by atoms with Gasteiger partial charge in [-0.3, -0.25) is 4.90 Å². The summed E-state index contributed by atoms with van der Waals surface area (Å²) < 4.78 is 19.1. The minimum absolute atomic E-state index is 0.126. The fourth-order valence-corrected chi connectivity index (χ4v) is 2.16. The van der Waals surface area contributed by atoms with Crippen LogP contribution in [0.5, 0.6) is 0 Å². The van der Waals surface area contributed by atoms with Crippen molar-refractivity contribution in [1.29, 1.82) is 0 Å². The van der Waals surface area contributed by atoms with Crippen LogP contribution in [0.15, 0.2) is 24.3 Å². The van der Waals surface area contributed by atoms with E-state index in [-0.39, 0.29) is 11.9 Å². The van der Waals surface area contributed by atoms with Crippen LogP contribution in [0.2, 0.25) is 0 Å². The summed E-state index contributed by atoms with van der Waals surface area (Å²) in [5, 5.41) is 3.12. The Morgan fingerprint density at radius 3 is 2.94 bits per heavy atom. The molecule has 1 fully saturated rings. The van der Waals surface area contributed by atoms with E-state index < -0.39 is 0 Å². The number of ether oxygens (including phenoxy) is 1. The summed E-state index contributed by atoms with van der Waals surface area (Å²) in [6.45, 7) is 7.65. The number of anilines is 1. The molecule has 3 nitrogen and oxygen atoms in total. The molecule has 18 heavy (non-hydrogen) atoms. The fourth-order valence-electron chi connectivity index (χ4n) is 2.16. The monoisotopic (exact) mass is 252 g/mol. The molecule has 0 radical (unpaired) electrons. The Morgan fingerprint density at radius 1 is 1.44 bits per heavy atom. The third-order valence-electron chi connectivity index (χ3n) is 3.29. The minimum Gasteiger partial charge on any atom is -0.380 e. The lowest BCUT2D eigenvalue weighted by Crippen LogP contribution is -2.48. The van der Waals surface area contributed by atoms with Gasteiger partial charge in [0.05, 0.1) is 18.4 Å². The highest BCUT2D eigenvalue weighted by Crippen LogP contribution is 2.14. The summed E-state index contributed by atoms with van der Waals surface area (Å²) >= 11 is 0. The Morgan fingerprint density at radius 2 is 2.22 bits per heavy atom. The zero-order chi connectivity index (χ0) is 13.0. The largest absolute Gasteiger partial charge is 0.380 e. The molecule has 1 atom stereocenters. The number of hydrogen-bond donors (Lipinski definition) is 1. The van der Waals surface area contributed by atoms with Gasteiger partial charge in [0, 0.05) is 25.7 Å². The van der Waals surface area contributed by atoms with Crippen molar-refractivity contribution in [2.75, 3.05) is 31.6 Å². The van der Waals surface area contributed by atoms with E-state index in [9.17, 15) is 4.39 Å². The number of rotatable bonds is 4. The molecule has 0 amide bonds. The topological polar surface area (TPSA) is 24.5 Å². The van der Waals surface area contributed by atoms with Gasteiger partial charge in [0.1, 0.15) is 5.82 Å². The van der Waals surface area contributed by atoms with Gasteiger partial charge in [-0.15, -0.1) is 0 Å². The van der Waals surface area contributed by atoms with E-state index in [4.69, 9.17) is 4.74 Å². The lowest BCUT2D eigenvalue weighted by molar-refractivity contribution is -0.0315. The highest BCUT2D eigenvalue weighted by atomic mass is 19.1. The molecule has 1 saturated heterocycles. The van der Waals surface area contributed by atoms with E-state index >= 15 is 0 Å². The van der Waals surface area contributed by atoms with Crippen LogP contribution >= 0.6 is 0 Å². The molecule has 1 aromatic carbocycles. The summed E-state index contributed by atoms with van der Waals surface area (Å²) in [5.74, 6) is -0.214. The van der Waals surface area contributed by atoms with E-state index in [1.807, 2.05) is 6.07 Å². The molecule has 100 valence electrons. The van der Waals surface area contributed by atoms with Crippen LogP contribution < -0.4 is 5.32 Å². The molecule has 0 aliphatic carbocycles. The fraction of sp³-hybridized carbons (Fsp3) is 0.571. The molecule has 0 bridgehead atoms. The molecule has 1 aromatic rings. The number of halogens is 1.